The molecule has 14 heavy (non-hydrogen) atoms. The van der Waals surface area contributed by atoms with Gasteiger partial charge in [0, 0.05) is 19.6 Å². The average molecular weight is 196 g/mol. The van der Waals surface area contributed by atoms with E-state index in [1.165, 1.54) is 12.8 Å². The molecule has 2 atom stereocenters. The van der Waals surface area contributed by atoms with Crippen LogP contribution in [0.2, 0.25) is 0 Å². The topological polar surface area (TPSA) is 41.6 Å². The second-order valence-electron chi connectivity index (χ2n) is 4.56. The highest BCUT2D eigenvalue weighted by molar-refractivity contribution is 5.78. The number of nitrogens with one attached hydrogen (secondary N) is 1. The number of morpholine rings is 1. The normalized spacial score (nSPS) is 37.4. The first-order chi connectivity index (χ1) is 6.84. The largest absolute Gasteiger partial charge is 0.365 e. The molecule has 2 aliphatic heterocycles. The minimum absolute atomic E-state index is 0.182. The fourth-order valence-corrected chi connectivity index (χ4v) is 2.38. The summed E-state index contributed by atoms with van der Waals surface area (Å²) in [6.45, 7) is 3.06. The van der Waals surface area contributed by atoms with Gasteiger partial charge in [-0.1, -0.05) is 0 Å². The van der Waals surface area contributed by atoms with Crippen LogP contribution in [0, 0.1) is 5.92 Å². The summed E-state index contributed by atoms with van der Waals surface area (Å²) in [6, 6.07) is 0.303. The molecule has 0 spiro atoms. The van der Waals surface area contributed by atoms with Gasteiger partial charge in [0.1, 0.15) is 6.61 Å². The summed E-state index contributed by atoms with van der Waals surface area (Å²) >= 11 is 0. The molecule has 78 valence electrons. The van der Waals surface area contributed by atoms with Crippen LogP contribution in [0.5, 0.6) is 0 Å². The quantitative estimate of drug-likeness (QED) is 0.653. The monoisotopic (exact) mass is 196 g/mol. The summed E-state index contributed by atoms with van der Waals surface area (Å²) < 4.78 is 5.49. The second-order valence-corrected chi connectivity index (χ2v) is 4.56. The number of fused-ring (bicyclic) bond motifs is 1. The Kier molecular flexibility index (Phi) is 1.99. The van der Waals surface area contributed by atoms with Crippen molar-refractivity contribution >= 4 is 5.91 Å². The van der Waals surface area contributed by atoms with Gasteiger partial charge in [-0.3, -0.25) is 4.79 Å². The van der Waals surface area contributed by atoms with Gasteiger partial charge in [0.05, 0.1) is 12.1 Å². The molecule has 3 aliphatic rings. The van der Waals surface area contributed by atoms with Crippen molar-refractivity contribution in [2.45, 2.75) is 25.0 Å². The lowest BCUT2D eigenvalue weighted by Crippen LogP contribution is -2.54. The van der Waals surface area contributed by atoms with Crippen molar-refractivity contribution in [3.05, 3.63) is 0 Å². The molecule has 1 N–H and O–H groups in total. The van der Waals surface area contributed by atoms with Crippen LogP contribution in [0.15, 0.2) is 0 Å². The molecular weight excluding hydrogens is 180 g/mol. The van der Waals surface area contributed by atoms with Crippen LogP contribution < -0.4 is 5.32 Å². The van der Waals surface area contributed by atoms with E-state index >= 15 is 0 Å². The fraction of sp³-hybridized carbons (Fsp3) is 0.900. The lowest BCUT2D eigenvalue weighted by atomic mass is 10.1. The molecule has 4 nitrogen and oxygen atoms in total. The Morgan fingerprint density at radius 3 is 3.07 bits per heavy atom. The number of rotatable bonds is 2. The Morgan fingerprint density at radius 1 is 1.43 bits per heavy atom. The van der Waals surface area contributed by atoms with Crippen molar-refractivity contribution in [3.63, 3.8) is 0 Å². The van der Waals surface area contributed by atoms with Crippen LogP contribution >= 0.6 is 0 Å². The minimum Gasteiger partial charge on any atom is -0.365 e. The number of amides is 1. The standard InChI is InChI=1S/C10H16N2O2/c13-10-6-14-9-4-11-3-8(9)12(10)5-7-1-2-7/h7-9,11H,1-6H2/t8-,9-/m1/s1. The smallest absolute Gasteiger partial charge is 0.248 e. The van der Waals surface area contributed by atoms with Gasteiger partial charge >= 0.3 is 0 Å². The summed E-state index contributed by atoms with van der Waals surface area (Å²) in [6.07, 6.45) is 2.84. The third-order valence-electron chi connectivity index (χ3n) is 3.42. The zero-order valence-electron chi connectivity index (χ0n) is 8.24. The molecule has 2 saturated heterocycles. The number of hydrogen-bond acceptors (Lipinski definition) is 3. The molecule has 0 aromatic heterocycles. The van der Waals surface area contributed by atoms with Gasteiger partial charge in [-0.25, -0.2) is 0 Å². The van der Waals surface area contributed by atoms with E-state index < -0.39 is 0 Å². The molecule has 1 amide bonds. The van der Waals surface area contributed by atoms with Crippen molar-refractivity contribution in [1.82, 2.24) is 10.2 Å². The maximum atomic E-state index is 11.7. The highest BCUT2D eigenvalue weighted by Crippen LogP contribution is 2.32. The van der Waals surface area contributed by atoms with Crippen LogP contribution in [0.1, 0.15) is 12.8 Å². The average Bonchev–Trinajstić information content (AvgIpc) is 2.86. The van der Waals surface area contributed by atoms with E-state index in [1.54, 1.807) is 0 Å². The Labute approximate surface area is 83.6 Å². The van der Waals surface area contributed by atoms with E-state index in [9.17, 15) is 4.79 Å². The Morgan fingerprint density at radius 2 is 2.29 bits per heavy atom. The van der Waals surface area contributed by atoms with Crippen LogP contribution in [-0.2, 0) is 9.53 Å². The number of hydrogen-bond donors (Lipinski definition) is 1. The van der Waals surface area contributed by atoms with E-state index in [0.717, 1.165) is 25.6 Å². The zero-order valence-corrected chi connectivity index (χ0v) is 8.24. The highest BCUT2D eigenvalue weighted by atomic mass is 16.5. The van der Waals surface area contributed by atoms with Gasteiger partial charge in [0.2, 0.25) is 5.91 Å². The molecular formula is C10H16N2O2. The summed E-state index contributed by atoms with van der Waals surface area (Å²) in [5.74, 6) is 0.958. The van der Waals surface area contributed by atoms with Gasteiger partial charge in [-0.05, 0) is 18.8 Å². The summed E-state index contributed by atoms with van der Waals surface area (Å²) in [5.41, 5.74) is 0. The lowest BCUT2D eigenvalue weighted by molar-refractivity contribution is -0.153. The van der Waals surface area contributed by atoms with E-state index in [2.05, 4.69) is 5.32 Å². The van der Waals surface area contributed by atoms with Gasteiger partial charge in [-0.2, -0.15) is 0 Å². The Bertz CT molecular complexity index is 253. The van der Waals surface area contributed by atoms with Gasteiger partial charge < -0.3 is 15.0 Å². The fourth-order valence-electron chi connectivity index (χ4n) is 2.38. The summed E-state index contributed by atoms with van der Waals surface area (Å²) in [4.78, 5) is 13.7. The van der Waals surface area contributed by atoms with E-state index in [4.69, 9.17) is 4.74 Å². The summed E-state index contributed by atoms with van der Waals surface area (Å²) in [5, 5.41) is 3.29. The number of carbonyl (C=O) groups excluding carboxylic acids is 1. The number of nitrogens with zero attached hydrogens (tertiary/aromatic N) is 1. The van der Waals surface area contributed by atoms with E-state index in [1.807, 2.05) is 4.90 Å². The molecule has 4 heteroatoms. The molecule has 2 heterocycles. The molecule has 0 aromatic carbocycles. The molecule has 0 bridgehead atoms. The van der Waals surface area contributed by atoms with Crippen molar-refractivity contribution in [2.24, 2.45) is 5.92 Å². The van der Waals surface area contributed by atoms with Crippen molar-refractivity contribution in [2.75, 3.05) is 26.2 Å². The summed E-state index contributed by atoms with van der Waals surface area (Å²) in [7, 11) is 0. The molecule has 1 aliphatic carbocycles. The van der Waals surface area contributed by atoms with E-state index in [-0.39, 0.29) is 18.6 Å². The van der Waals surface area contributed by atoms with Gasteiger partial charge in [0.15, 0.2) is 0 Å². The van der Waals surface area contributed by atoms with Crippen LogP contribution in [0.3, 0.4) is 0 Å². The maximum Gasteiger partial charge on any atom is 0.248 e. The van der Waals surface area contributed by atoms with Crippen molar-refractivity contribution in [3.8, 4) is 0 Å². The van der Waals surface area contributed by atoms with Crippen LogP contribution in [0.25, 0.3) is 0 Å². The molecule has 0 radical (unpaired) electrons. The van der Waals surface area contributed by atoms with Crippen LogP contribution in [0.4, 0.5) is 0 Å². The minimum atomic E-state index is 0.182. The van der Waals surface area contributed by atoms with E-state index in [0.29, 0.717) is 6.04 Å². The first kappa shape index (κ1) is 8.68. The predicted molar refractivity (Wildman–Crippen MR) is 50.8 cm³/mol. The molecule has 3 fully saturated rings. The third kappa shape index (κ3) is 1.42. The number of carbonyl (C=O) groups is 1. The first-order valence-corrected chi connectivity index (χ1v) is 5.46. The zero-order chi connectivity index (χ0) is 9.54. The SMILES string of the molecule is O=C1CO[C@@H]2CNC[C@H]2N1CC1CC1. The van der Waals surface area contributed by atoms with Crippen LogP contribution in [-0.4, -0.2) is 49.2 Å². The second kappa shape index (κ2) is 3.21. The molecule has 3 rings (SSSR count). The Balaban J connectivity index is 1.72. The first-order valence-electron chi connectivity index (χ1n) is 5.46. The predicted octanol–water partition coefficient (Wildman–Crippen LogP) is -0.404. The van der Waals surface area contributed by atoms with Gasteiger partial charge in [-0.15, -0.1) is 0 Å². The van der Waals surface area contributed by atoms with Gasteiger partial charge in [0.25, 0.3) is 0 Å². The third-order valence-corrected chi connectivity index (χ3v) is 3.42. The Hall–Kier alpha value is -0.610. The molecule has 1 saturated carbocycles. The van der Waals surface area contributed by atoms with Crippen molar-refractivity contribution in [1.29, 1.82) is 0 Å². The van der Waals surface area contributed by atoms with Crippen molar-refractivity contribution < 1.29 is 9.53 Å². The maximum absolute atomic E-state index is 11.7. The molecule has 0 aromatic rings. The number of ether oxygens (including phenoxy) is 1. The molecule has 0 unspecified atom stereocenters. The highest BCUT2D eigenvalue weighted by Gasteiger charge is 2.41. The lowest BCUT2D eigenvalue weighted by Gasteiger charge is -2.36.